The third-order valence-electron chi connectivity index (χ3n) is 7.07. The van der Waals surface area contributed by atoms with Gasteiger partial charge in [-0.3, -0.25) is 0 Å². The van der Waals surface area contributed by atoms with Crippen molar-refractivity contribution in [3.05, 3.63) is 70.3 Å². The second-order valence-electron chi connectivity index (χ2n) is 8.87. The molecule has 2 saturated heterocycles. The van der Waals surface area contributed by atoms with E-state index < -0.39 is 5.60 Å². The Morgan fingerprint density at radius 3 is 1.86 bits per heavy atom. The van der Waals surface area contributed by atoms with Gasteiger partial charge in [0.15, 0.2) is 0 Å². The molecule has 0 saturated carbocycles. The molecule has 2 bridgehead atoms. The summed E-state index contributed by atoms with van der Waals surface area (Å²) in [6.07, 6.45) is 4.95. The molecular weight excluding hydrogens is 356 g/mol. The van der Waals surface area contributed by atoms with Crippen LogP contribution in [0.25, 0.3) is 0 Å². The number of hydrogen-bond acceptors (Lipinski definition) is 2. The molecule has 2 unspecified atom stereocenters. The molecule has 1 N–H and O–H groups in total. The highest BCUT2D eigenvalue weighted by Gasteiger charge is 2.43. The first kappa shape index (κ1) is 19.5. The predicted octanol–water partition coefficient (Wildman–Crippen LogP) is 5.08. The maximum absolute atomic E-state index is 14.1. The van der Waals surface area contributed by atoms with E-state index in [9.17, 15) is 13.9 Å². The van der Waals surface area contributed by atoms with Crippen molar-refractivity contribution in [2.45, 2.75) is 63.6 Å². The standard InChI is InChI=1S/C24H29F2NO/c1-15-4-6-18(25)12-22(15)24(28,23-13-19(26)7-5-16(23)2)14-17-10-20-8-9-21(11-17)27(20)3/h4-7,12-13,17,20-21,28H,8-11,14H2,1-3H3. The number of piperidine rings is 1. The molecule has 0 amide bonds. The smallest absolute Gasteiger partial charge is 0.123 e. The number of nitrogens with zero attached hydrogens (tertiary/aromatic N) is 1. The van der Waals surface area contributed by atoms with E-state index in [4.69, 9.17) is 0 Å². The fourth-order valence-electron chi connectivity index (χ4n) is 5.55. The van der Waals surface area contributed by atoms with E-state index in [1.54, 1.807) is 12.1 Å². The van der Waals surface area contributed by atoms with Crippen LogP contribution in [0.1, 0.15) is 54.4 Å². The Morgan fingerprint density at radius 1 is 0.929 bits per heavy atom. The number of hydrogen-bond donors (Lipinski definition) is 1. The van der Waals surface area contributed by atoms with Gasteiger partial charge >= 0.3 is 0 Å². The van der Waals surface area contributed by atoms with Crippen molar-refractivity contribution in [3.8, 4) is 0 Å². The van der Waals surface area contributed by atoms with Gasteiger partial charge in [-0.1, -0.05) is 12.1 Å². The quantitative estimate of drug-likeness (QED) is 0.793. The Bertz CT molecular complexity index is 815. The summed E-state index contributed by atoms with van der Waals surface area (Å²) in [4.78, 5) is 2.47. The summed E-state index contributed by atoms with van der Waals surface area (Å²) in [7, 11) is 2.19. The molecule has 2 atom stereocenters. The van der Waals surface area contributed by atoms with Crippen LogP contribution in [0, 0.1) is 31.4 Å². The van der Waals surface area contributed by atoms with Gasteiger partial charge in [0.2, 0.25) is 0 Å². The van der Waals surface area contributed by atoms with Crippen molar-refractivity contribution in [1.29, 1.82) is 0 Å². The molecule has 0 aliphatic carbocycles. The molecule has 2 aromatic carbocycles. The van der Waals surface area contributed by atoms with Gasteiger partial charge in [0.05, 0.1) is 0 Å². The molecule has 4 rings (SSSR count). The summed E-state index contributed by atoms with van der Waals surface area (Å²) in [5.74, 6) is -0.433. The molecule has 28 heavy (non-hydrogen) atoms. The third kappa shape index (κ3) is 3.37. The monoisotopic (exact) mass is 385 g/mol. The van der Waals surface area contributed by atoms with Crippen LogP contribution >= 0.6 is 0 Å². The van der Waals surface area contributed by atoms with Gasteiger partial charge in [0.1, 0.15) is 17.2 Å². The Morgan fingerprint density at radius 2 is 1.39 bits per heavy atom. The highest BCUT2D eigenvalue weighted by atomic mass is 19.1. The third-order valence-corrected chi connectivity index (χ3v) is 7.07. The minimum atomic E-state index is -1.40. The van der Waals surface area contributed by atoms with E-state index in [1.807, 2.05) is 13.8 Å². The Labute approximate surface area is 166 Å². The average Bonchev–Trinajstić information content (AvgIpc) is 2.86. The van der Waals surface area contributed by atoms with Crippen molar-refractivity contribution in [1.82, 2.24) is 4.90 Å². The number of aliphatic hydroxyl groups is 1. The van der Waals surface area contributed by atoms with Crippen LogP contribution in [0.5, 0.6) is 0 Å². The molecular formula is C24H29F2NO. The van der Waals surface area contributed by atoms with Crippen LogP contribution in [0.3, 0.4) is 0 Å². The fraction of sp³-hybridized carbons (Fsp3) is 0.500. The lowest BCUT2D eigenvalue weighted by Gasteiger charge is -2.41. The van der Waals surface area contributed by atoms with Crippen molar-refractivity contribution in [2.24, 2.45) is 5.92 Å². The SMILES string of the molecule is Cc1ccc(F)cc1C(O)(CC1CC2CCC(C1)N2C)c1cc(F)ccc1C. The molecule has 2 aliphatic rings. The lowest BCUT2D eigenvalue weighted by molar-refractivity contribution is 0.0255. The van der Waals surface area contributed by atoms with Gasteiger partial charge < -0.3 is 10.0 Å². The predicted molar refractivity (Wildman–Crippen MR) is 107 cm³/mol. The Kier molecular flexibility index (Phi) is 5.05. The molecule has 150 valence electrons. The molecule has 2 aromatic rings. The Hall–Kier alpha value is -1.78. The van der Waals surface area contributed by atoms with E-state index >= 15 is 0 Å². The molecule has 2 heterocycles. The van der Waals surface area contributed by atoms with Gasteiger partial charge in [0, 0.05) is 12.1 Å². The topological polar surface area (TPSA) is 23.5 Å². The van der Waals surface area contributed by atoms with Gasteiger partial charge in [-0.25, -0.2) is 8.78 Å². The van der Waals surface area contributed by atoms with E-state index in [1.165, 1.54) is 37.1 Å². The summed E-state index contributed by atoms with van der Waals surface area (Å²) in [5.41, 5.74) is 1.34. The lowest BCUT2D eigenvalue weighted by Crippen LogP contribution is -2.42. The number of fused-ring (bicyclic) bond motifs is 2. The molecule has 0 radical (unpaired) electrons. The first-order chi connectivity index (χ1) is 13.3. The second kappa shape index (κ2) is 7.23. The van der Waals surface area contributed by atoms with Crippen molar-refractivity contribution >= 4 is 0 Å². The number of rotatable bonds is 4. The number of halogens is 2. The Balaban J connectivity index is 1.78. The fourth-order valence-corrected chi connectivity index (χ4v) is 5.55. The maximum Gasteiger partial charge on any atom is 0.123 e. The zero-order valence-electron chi connectivity index (χ0n) is 16.9. The molecule has 2 aliphatic heterocycles. The van der Waals surface area contributed by atoms with Gasteiger partial charge in [0.25, 0.3) is 0 Å². The van der Waals surface area contributed by atoms with Gasteiger partial charge in [-0.15, -0.1) is 0 Å². The summed E-state index contributed by atoms with van der Waals surface area (Å²) in [6.45, 7) is 3.76. The zero-order chi connectivity index (χ0) is 20.1. The van der Waals surface area contributed by atoms with E-state index in [0.717, 1.165) is 24.0 Å². The van der Waals surface area contributed by atoms with Crippen molar-refractivity contribution in [2.75, 3.05) is 7.05 Å². The zero-order valence-corrected chi connectivity index (χ0v) is 16.9. The minimum Gasteiger partial charge on any atom is -0.380 e. The van der Waals surface area contributed by atoms with Gasteiger partial charge in [-0.05, 0) is 105 Å². The van der Waals surface area contributed by atoms with Crippen LogP contribution < -0.4 is 0 Å². The van der Waals surface area contributed by atoms with Crippen molar-refractivity contribution < 1.29 is 13.9 Å². The summed E-state index contributed by atoms with van der Waals surface area (Å²) < 4.78 is 28.3. The van der Waals surface area contributed by atoms with E-state index in [-0.39, 0.29) is 11.6 Å². The van der Waals surface area contributed by atoms with Crippen molar-refractivity contribution in [3.63, 3.8) is 0 Å². The highest BCUT2D eigenvalue weighted by Crippen LogP contribution is 2.46. The number of aryl methyl sites for hydroxylation is 2. The maximum atomic E-state index is 14.1. The number of benzene rings is 2. The highest BCUT2D eigenvalue weighted by molar-refractivity contribution is 5.44. The first-order valence-electron chi connectivity index (χ1n) is 10.3. The molecule has 2 fully saturated rings. The second-order valence-corrected chi connectivity index (χ2v) is 8.87. The molecule has 4 heteroatoms. The molecule has 2 nitrogen and oxygen atoms in total. The normalized spacial score (nSPS) is 25.3. The average molecular weight is 385 g/mol. The first-order valence-corrected chi connectivity index (χ1v) is 10.3. The largest absolute Gasteiger partial charge is 0.380 e. The van der Waals surface area contributed by atoms with Crippen LogP contribution in [0.4, 0.5) is 8.78 Å². The summed E-state index contributed by atoms with van der Waals surface area (Å²) in [6, 6.07) is 10.2. The minimum absolute atomic E-state index is 0.323. The van der Waals surface area contributed by atoms with Crippen LogP contribution in [0.2, 0.25) is 0 Å². The molecule has 0 aromatic heterocycles. The summed E-state index contributed by atoms with van der Waals surface area (Å²) in [5, 5.41) is 12.0. The van der Waals surface area contributed by atoms with Gasteiger partial charge in [-0.2, -0.15) is 0 Å². The van der Waals surface area contributed by atoms with E-state index in [2.05, 4.69) is 11.9 Å². The summed E-state index contributed by atoms with van der Waals surface area (Å²) >= 11 is 0. The van der Waals surface area contributed by atoms with Crippen LogP contribution in [-0.4, -0.2) is 29.1 Å². The van der Waals surface area contributed by atoms with Crippen LogP contribution in [-0.2, 0) is 5.60 Å². The lowest BCUT2D eigenvalue weighted by atomic mass is 9.73. The van der Waals surface area contributed by atoms with E-state index in [0.29, 0.717) is 35.5 Å². The van der Waals surface area contributed by atoms with Crippen LogP contribution in [0.15, 0.2) is 36.4 Å². The molecule has 0 spiro atoms.